The normalized spacial score (nSPS) is 12.5. The fourth-order valence-corrected chi connectivity index (χ4v) is 4.96. The average molecular weight is 453 g/mol. The van der Waals surface area contributed by atoms with Crippen LogP contribution in [0.15, 0.2) is 65.6 Å². The zero-order chi connectivity index (χ0) is 22.9. The van der Waals surface area contributed by atoms with Crippen molar-refractivity contribution < 1.29 is 22.7 Å². The summed E-state index contributed by atoms with van der Waals surface area (Å²) in [7, 11) is -3.97. The van der Waals surface area contributed by atoms with Crippen LogP contribution in [0.2, 0.25) is 0 Å². The van der Waals surface area contributed by atoms with E-state index in [-0.39, 0.29) is 18.2 Å². The molecule has 1 heterocycles. The van der Waals surface area contributed by atoms with Gasteiger partial charge in [-0.05, 0) is 68.3 Å². The zero-order valence-corrected chi connectivity index (χ0v) is 18.9. The third-order valence-corrected chi connectivity index (χ3v) is 6.84. The van der Waals surface area contributed by atoms with Crippen LogP contribution in [0, 0.1) is 20.8 Å². The van der Waals surface area contributed by atoms with E-state index >= 15 is 0 Å². The molecule has 7 nitrogen and oxygen atoms in total. The molecule has 0 atom stereocenters. The molecule has 0 saturated heterocycles. The van der Waals surface area contributed by atoms with Crippen LogP contribution in [-0.4, -0.2) is 27.7 Å². The molecule has 0 unspecified atom stereocenters. The van der Waals surface area contributed by atoms with Crippen molar-refractivity contribution >= 4 is 27.3 Å². The van der Waals surface area contributed by atoms with E-state index in [9.17, 15) is 13.2 Å². The fourth-order valence-electron chi connectivity index (χ4n) is 3.55. The van der Waals surface area contributed by atoms with E-state index in [4.69, 9.17) is 9.47 Å². The van der Waals surface area contributed by atoms with Crippen molar-refractivity contribution in [3.63, 3.8) is 0 Å². The summed E-state index contributed by atoms with van der Waals surface area (Å²) in [5.41, 5.74) is 3.68. The summed E-state index contributed by atoms with van der Waals surface area (Å²) in [6, 6.07) is 17.1. The number of nitrogens with one attached hydrogen (secondary N) is 1. The van der Waals surface area contributed by atoms with Crippen molar-refractivity contribution in [3.05, 3.63) is 77.4 Å². The second kappa shape index (κ2) is 8.55. The molecule has 0 spiro atoms. The first kappa shape index (κ1) is 21.7. The van der Waals surface area contributed by atoms with Crippen molar-refractivity contribution in [2.24, 2.45) is 0 Å². The van der Waals surface area contributed by atoms with Gasteiger partial charge in [0.2, 0.25) is 12.7 Å². The standard InChI is InChI=1S/C24H24N2O5S/c1-16-4-7-21(8-5-16)32(28,29)26(20-11-17(2)10-18(3)12-20)14-24(27)25-19-6-9-22-23(13-19)31-15-30-22/h4-13H,14-15H2,1-3H3,(H,25,27). The average Bonchev–Trinajstić information content (AvgIpc) is 3.19. The number of aryl methyl sites for hydroxylation is 3. The predicted octanol–water partition coefficient (Wildman–Crippen LogP) is 4.17. The van der Waals surface area contributed by atoms with Gasteiger partial charge in [-0.2, -0.15) is 0 Å². The number of hydrogen-bond donors (Lipinski definition) is 1. The number of ether oxygens (including phenoxy) is 2. The van der Waals surface area contributed by atoms with Crippen LogP contribution in [0.1, 0.15) is 16.7 Å². The van der Waals surface area contributed by atoms with Crippen molar-refractivity contribution in [2.75, 3.05) is 23.0 Å². The minimum Gasteiger partial charge on any atom is -0.454 e. The van der Waals surface area contributed by atoms with Gasteiger partial charge in [0.1, 0.15) is 6.54 Å². The van der Waals surface area contributed by atoms with E-state index in [1.54, 1.807) is 54.6 Å². The van der Waals surface area contributed by atoms with Gasteiger partial charge in [0, 0.05) is 11.8 Å². The number of carbonyl (C=O) groups excluding carboxylic acids is 1. The van der Waals surface area contributed by atoms with Crippen LogP contribution >= 0.6 is 0 Å². The molecule has 3 aromatic rings. The number of rotatable bonds is 6. The maximum atomic E-state index is 13.5. The minimum absolute atomic E-state index is 0.123. The van der Waals surface area contributed by atoms with Crippen LogP contribution in [0.25, 0.3) is 0 Å². The van der Waals surface area contributed by atoms with Crippen molar-refractivity contribution in [1.29, 1.82) is 0 Å². The number of nitrogens with zero attached hydrogens (tertiary/aromatic N) is 1. The van der Waals surface area contributed by atoms with E-state index < -0.39 is 15.9 Å². The van der Waals surface area contributed by atoms with Gasteiger partial charge in [-0.1, -0.05) is 23.8 Å². The SMILES string of the molecule is Cc1ccc(S(=O)(=O)N(CC(=O)Nc2ccc3c(c2)OCO3)c2cc(C)cc(C)c2)cc1. The number of anilines is 2. The number of hydrogen-bond acceptors (Lipinski definition) is 5. The monoisotopic (exact) mass is 452 g/mol. The Labute approximate surface area is 187 Å². The molecule has 1 N–H and O–H groups in total. The molecule has 4 rings (SSSR count). The summed E-state index contributed by atoms with van der Waals surface area (Å²) in [4.78, 5) is 13.0. The molecular formula is C24H24N2O5S. The second-order valence-corrected chi connectivity index (χ2v) is 9.65. The van der Waals surface area contributed by atoms with Crippen LogP contribution in [0.3, 0.4) is 0 Å². The molecule has 3 aromatic carbocycles. The number of carbonyl (C=O) groups is 1. The smallest absolute Gasteiger partial charge is 0.264 e. The number of sulfonamides is 1. The number of fused-ring (bicyclic) bond motifs is 1. The third-order valence-electron chi connectivity index (χ3n) is 5.05. The Morgan fingerprint density at radius 1 is 0.875 bits per heavy atom. The van der Waals surface area contributed by atoms with Gasteiger partial charge in [0.05, 0.1) is 10.6 Å². The fraction of sp³-hybridized carbons (Fsp3) is 0.208. The van der Waals surface area contributed by atoms with Crippen LogP contribution < -0.4 is 19.1 Å². The molecule has 8 heteroatoms. The van der Waals surface area contributed by atoms with Gasteiger partial charge in [-0.25, -0.2) is 8.42 Å². The van der Waals surface area contributed by atoms with Crippen LogP contribution in [0.5, 0.6) is 11.5 Å². The Morgan fingerprint density at radius 2 is 1.53 bits per heavy atom. The predicted molar refractivity (Wildman–Crippen MR) is 123 cm³/mol. The molecule has 166 valence electrons. The highest BCUT2D eigenvalue weighted by Gasteiger charge is 2.28. The lowest BCUT2D eigenvalue weighted by molar-refractivity contribution is -0.114. The Kier molecular flexibility index (Phi) is 5.80. The molecule has 1 aliphatic heterocycles. The first-order chi connectivity index (χ1) is 15.2. The molecule has 32 heavy (non-hydrogen) atoms. The van der Waals surface area contributed by atoms with E-state index in [1.165, 1.54) is 0 Å². The van der Waals surface area contributed by atoms with Gasteiger partial charge in [0.15, 0.2) is 11.5 Å². The molecule has 1 aliphatic rings. The summed E-state index contributed by atoms with van der Waals surface area (Å²) in [5.74, 6) is 0.654. The zero-order valence-electron chi connectivity index (χ0n) is 18.1. The minimum atomic E-state index is -3.97. The summed E-state index contributed by atoms with van der Waals surface area (Å²) in [6.07, 6.45) is 0. The Morgan fingerprint density at radius 3 is 2.22 bits per heavy atom. The molecule has 0 aliphatic carbocycles. The van der Waals surface area contributed by atoms with Crippen molar-refractivity contribution in [3.8, 4) is 11.5 Å². The van der Waals surface area contributed by atoms with Gasteiger partial charge in [-0.15, -0.1) is 0 Å². The number of benzene rings is 3. The summed E-state index contributed by atoms with van der Waals surface area (Å²) < 4.78 is 38.8. The summed E-state index contributed by atoms with van der Waals surface area (Å²) >= 11 is 0. The van der Waals surface area contributed by atoms with Gasteiger partial charge < -0.3 is 14.8 Å². The maximum absolute atomic E-state index is 13.5. The highest BCUT2D eigenvalue weighted by atomic mass is 32.2. The lowest BCUT2D eigenvalue weighted by atomic mass is 10.1. The Hall–Kier alpha value is -3.52. The van der Waals surface area contributed by atoms with Gasteiger partial charge in [0.25, 0.3) is 10.0 Å². The highest BCUT2D eigenvalue weighted by molar-refractivity contribution is 7.92. The molecule has 0 radical (unpaired) electrons. The molecule has 0 bridgehead atoms. The van der Waals surface area contributed by atoms with Crippen molar-refractivity contribution in [2.45, 2.75) is 25.7 Å². The first-order valence-electron chi connectivity index (χ1n) is 10.1. The summed E-state index contributed by atoms with van der Waals surface area (Å²) in [5, 5.41) is 2.75. The summed E-state index contributed by atoms with van der Waals surface area (Å²) in [6.45, 7) is 5.41. The molecule has 1 amide bonds. The molecule has 0 fully saturated rings. The lowest BCUT2D eigenvalue weighted by Crippen LogP contribution is -2.38. The van der Waals surface area contributed by atoms with Crippen molar-refractivity contribution in [1.82, 2.24) is 0 Å². The molecule has 0 saturated carbocycles. The second-order valence-electron chi connectivity index (χ2n) is 7.79. The third kappa shape index (κ3) is 4.55. The molecule has 0 aromatic heterocycles. The largest absolute Gasteiger partial charge is 0.454 e. The van der Waals surface area contributed by atoms with Crippen LogP contribution in [0.4, 0.5) is 11.4 Å². The van der Waals surface area contributed by atoms with E-state index in [2.05, 4.69) is 5.32 Å². The Balaban J connectivity index is 1.66. The lowest BCUT2D eigenvalue weighted by Gasteiger charge is -2.25. The van der Waals surface area contributed by atoms with E-state index in [1.807, 2.05) is 26.8 Å². The highest BCUT2D eigenvalue weighted by Crippen LogP contribution is 2.34. The molecular weight excluding hydrogens is 428 g/mol. The van der Waals surface area contributed by atoms with E-state index in [0.29, 0.717) is 22.9 Å². The first-order valence-corrected chi connectivity index (χ1v) is 11.5. The Bertz CT molecular complexity index is 1250. The van der Waals surface area contributed by atoms with Gasteiger partial charge >= 0.3 is 0 Å². The quantitative estimate of drug-likeness (QED) is 0.607. The van der Waals surface area contributed by atoms with E-state index in [0.717, 1.165) is 21.0 Å². The maximum Gasteiger partial charge on any atom is 0.264 e. The topological polar surface area (TPSA) is 84.9 Å². The van der Waals surface area contributed by atoms with Crippen LogP contribution in [-0.2, 0) is 14.8 Å². The number of amides is 1. The van der Waals surface area contributed by atoms with Gasteiger partial charge in [-0.3, -0.25) is 9.10 Å².